The Hall–Kier alpha value is -2.00. The Labute approximate surface area is 132 Å². The summed E-state index contributed by atoms with van der Waals surface area (Å²) in [7, 11) is 0. The molecule has 2 heterocycles. The number of benzene rings is 1. The van der Waals surface area contributed by atoms with Gasteiger partial charge in [0, 0.05) is 38.1 Å². The normalized spacial score (nSPS) is 21.2. The molecule has 114 valence electrons. The van der Waals surface area contributed by atoms with E-state index in [1.165, 1.54) is 35.4 Å². The van der Waals surface area contributed by atoms with E-state index in [-0.39, 0.29) is 0 Å². The largest absolute Gasteiger partial charge is 0.385 e. The molecular formula is C19H23N3. The number of dihydropyridines is 1. The van der Waals surface area contributed by atoms with Crippen molar-refractivity contribution in [1.29, 1.82) is 0 Å². The SMILES string of the molecule is C1=CNC2=C(NCC3CC3)CN(Cc3ccccc3)CC2=C1. The number of nitrogens with one attached hydrogen (secondary N) is 2. The second-order valence-corrected chi connectivity index (χ2v) is 6.50. The van der Waals surface area contributed by atoms with Crippen LogP contribution in [0.2, 0.25) is 0 Å². The third-order valence-electron chi connectivity index (χ3n) is 4.57. The zero-order chi connectivity index (χ0) is 14.8. The Morgan fingerprint density at radius 2 is 2.00 bits per heavy atom. The van der Waals surface area contributed by atoms with E-state index in [4.69, 9.17) is 0 Å². The molecule has 3 aliphatic rings. The summed E-state index contributed by atoms with van der Waals surface area (Å²) in [6, 6.07) is 10.8. The molecule has 0 aromatic heterocycles. The first-order chi connectivity index (χ1) is 10.9. The highest BCUT2D eigenvalue weighted by atomic mass is 15.2. The van der Waals surface area contributed by atoms with Crippen molar-refractivity contribution in [2.24, 2.45) is 5.92 Å². The van der Waals surface area contributed by atoms with Gasteiger partial charge in [0.2, 0.25) is 0 Å². The summed E-state index contributed by atoms with van der Waals surface area (Å²) in [6.07, 6.45) is 9.15. The van der Waals surface area contributed by atoms with Gasteiger partial charge in [-0.05, 0) is 36.0 Å². The maximum atomic E-state index is 3.70. The lowest BCUT2D eigenvalue weighted by molar-refractivity contribution is 0.294. The minimum absolute atomic E-state index is 0.893. The number of allylic oxidation sites excluding steroid dienone is 2. The number of nitrogens with zero attached hydrogens (tertiary/aromatic N) is 1. The molecule has 0 saturated heterocycles. The lowest BCUT2D eigenvalue weighted by atomic mass is 10.0. The van der Waals surface area contributed by atoms with Gasteiger partial charge >= 0.3 is 0 Å². The fourth-order valence-electron chi connectivity index (χ4n) is 3.17. The van der Waals surface area contributed by atoms with E-state index in [9.17, 15) is 0 Å². The van der Waals surface area contributed by atoms with Crippen LogP contribution in [0.25, 0.3) is 0 Å². The van der Waals surface area contributed by atoms with E-state index in [2.05, 4.69) is 58.0 Å². The first-order valence-corrected chi connectivity index (χ1v) is 8.24. The van der Waals surface area contributed by atoms with Crippen molar-refractivity contribution in [2.75, 3.05) is 19.6 Å². The van der Waals surface area contributed by atoms with Gasteiger partial charge in [0.15, 0.2) is 0 Å². The average molecular weight is 293 g/mol. The Kier molecular flexibility index (Phi) is 3.73. The van der Waals surface area contributed by atoms with Crippen molar-refractivity contribution < 1.29 is 0 Å². The molecule has 22 heavy (non-hydrogen) atoms. The minimum Gasteiger partial charge on any atom is -0.385 e. The third-order valence-corrected chi connectivity index (χ3v) is 4.57. The van der Waals surface area contributed by atoms with Crippen molar-refractivity contribution in [1.82, 2.24) is 15.5 Å². The Morgan fingerprint density at radius 3 is 2.82 bits per heavy atom. The van der Waals surface area contributed by atoms with Gasteiger partial charge in [-0.2, -0.15) is 0 Å². The van der Waals surface area contributed by atoms with Crippen LogP contribution in [-0.4, -0.2) is 24.5 Å². The van der Waals surface area contributed by atoms with E-state index in [1.54, 1.807) is 0 Å². The smallest absolute Gasteiger partial charge is 0.0631 e. The molecular weight excluding hydrogens is 270 g/mol. The van der Waals surface area contributed by atoms with Crippen LogP contribution in [-0.2, 0) is 6.54 Å². The van der Waals surface area contributed by atoms with Gasteiger partial charge in [-0.25, -0.2) is 0 Å². The van der Waals surface area contributed by atoms with Gasteiger partial charge in [0.25, 0.3) is 0 Å². The molecule has 0 radical (unpaired) electrons. The summed E-state index contributed by atoms with van der Waals surface area (Å²) >= 11 is 0. The molecule has 1 aliphatic carbocycles. The van der Waals surface area contributed by atoms with Crippen LogP contribution in [0.1, 0.15) is 18.4 Å². The standard InChI is InChI=1S/C19H23N3/c1-2-5-16(6-3-1)12-22-13-17-7-4-10-20-19(17)18(14-22)21-11-15-8-9-15/h1-7,10,15,20-21H,8-9,11-14H2. The summed E-state index contributed by atoms with van der Waals surface area (Å²) < 4.78 is 0. The van der Waals surface area contributed by atoms with E-state index >= 15 is 0 Å². The average Bonchev–Trinajstić information content (AvgIpc) is 3.38. The fraction of sp³-hybridized carbons (Fsp3) is 0.368. The van der Waals surface area contributed by atoms with E-state index in [1.807, 2.05) is 6.20 Å². The Balaban J connectivity index is 1.51. The monoisotopic (exact) mass is 293 g/mol. The topological polar surface area (TPSA) is 27.3 Å². The highest BCUT2D eigenvalue weighted by Crippen LogP contribution is 2.29. The van der Waals surface area contributed by atoms with E-state index in [0.717, 1.165) is 32.1 Å². The van der Waals surface area contributed by atoms with E-state index < -0.39 is 0 Å². The lowest BCUT2D eigenvalue weighted by Gasteiger charge is -2.34. The number of rotatable bonds is 5. The van der Waals surface area contributed by atoms with Crippen LogP contribution < -0.4 is 10.6 Å². The molecule has 0 unspecified atom stereocenters. The molecule has 3 heteroatoms. The summed E-state index contributed by atoms with van der Waals surface area (Å²) in [4.78, 5) is 2.51. The van der Waals surface area contributed by atoms with Crippen LogP contribution in [0.4, 0.5) is 0 Å². The van der Waals surface area contributed by atoms with Gasteiger partial charge in [-0.15, -0.1) is 0 Å². The second kappa shape index (κ2) is 6.01. The predicted molar refractivity (Wildman–Crippen MR) is 89.8 cm³/mol. The second-order valence-electron chi connectivity index (χ2n) is 6.50. The molecule has 1 aromatic rings. The van der Waals surface area contributed by atoms with Gasteiger partial charge in [-0.1, -0.05) is 36.4 Å². The van der Waals surface area contributed by atoms with E-state index in [0.29, 0.717) is 0 Å². The molecule has 4 rings (SSSR count). The molecule has 0 amide bonds. The molecule has 0 atom stereocenters. The predicted octanol–water partition coefficient (Wildman–Crippen LogP) is 2.76. The van der Waals surface area contributed by atoms with Crippen LogP contribution in [0.15, 0.2) is 65.7 Å². The molecule has 2 aliphatic heterocycles. The molecule has 3 nitrogen and oxygen atoms in total. The van der Waals surface area contributed by atoms with Crippen LogP contribution in [0.5, 0.6) is 0 Å². The Bertz CT molecular complexity index is 623. The number of fused-ring (bicyclic) bond motifs is 1. The first kappa shape index (κ1) is 13.6. The van der Waals surface area contributed by atoms with Crippen LogP contribution in [0.3, 0.4) is 0 Å². The maximum absolute atomic E-state index is 3.70. The van der Waals surface area contributed by atoms with Crippen molar-refractivity contribution >= 4 is 0 Å². The van der Waals surface area contributed by atoms with Crippen molar-refractivity contribution in [2.45, 2.75) is 19.4 Å². The first-order valence-electron chi connectivity index (χ1n) is 8.24. The fourth-order valence-corrected chi connectivity index (χ4v) is 3.17. The highest BCUT2D eigenvalue weighted by Gasteiger charge is 2.26. The summed E-state index contributed by atoms with van der Waals surface area (Å²) in [6.45, 7) is 4.13. The molecule has 1 fully saturated rings. The summed E-state index contributed by atoms with van der Waals surface area (Å²) in [5.74, 6) is 0.893. The molecule has 1 saturated carbocycles. The minimum atomic E-state index is 0.893. The lowest BCUT2D eigenvalue weighted by Crippen LogP contribution is -2.40. The van der Waals surface area contributed by atoms with Crippen molar-refractivity contribution in [3.05, 3.63) is 71.2 Å². The van der Waals surface area contributed by atoms with Gasteiger partial charge in [0.1, 0.15) is 0 Å². The van der Waals surface area contributed by atoms with Crippen LogP contribution in [0, 0.1) is 5.92 Å². The van der Waals surface area contributed by atoms with Gasteiger partial charge < -0.3 is 10.6 Å². The molecule has 0 spiro atoms. The quantitative estimate of drug-likeness (QED) is 0.874. The zero-order valence-electron chi connectivity index (χ0n) is 12.9. The highest BCUT2D eigenvalue weighted by molar-refractivity contribution is 5.43. The van der Waals surface area contributed by atoms with Crippen molar-refractivity contribution in [3.8, 4) is 0 Å². The van der Waals surface area contributed by atoms with Crippen LogP contribution >= 0.6 is 0 Å². The molecule has 0 bridgehead atoms. The molecule has 2 N–H and O–H groups in total. The van der Waals surface area contributed by atoms with Gasteiger partial charge in [0.05, 0.1) is 5.70 Å². The third kappa shape index (κ3) is 3.09. The van der Waals surface area contributed by atoms with Crippen molar-refractivity contribution in [3.63, 3.8) is 0 Å². The molecule has 1 aromatic carbocycles. The number of hydrogen-bond acceptors (Lipinski definition) is 3. The summed E-state index contributed by atoms with van der Waals surface area (Å²) in [5, 5.41) is 7.14. The maximum Gasteiger partial charge on any atom is 0.0631 e. The Morgan fingerprint density at radius 1 is 1.14 bits per heavy atom. The number of hydrogen-bond donors (Lipinski definition) is 2. The summed E-state index contributed by atoms with van der Waals surface area (Å²) in [5.41, 5.74) is 5.42. The zero-order valence-corrected chi connectivity index (χ0v) is 12.9. The van der Waals surface area contributed by atoms with Gasteiger partial charge in [-0.3, -0.25) is 4.90 Å².